The van der Waals surface area contributed by atoms with E-state index in [1.165, 1.54) is 6.33 Å². The molecule has 1 heterocycles. The van der Waals surface area contributed by atoms with E-state index in [2.05, 4.69) is 20.4 Å². The van der Waals surface area contributed by atoms with Crippen LogP contribution in [0.2, 0.25) is 0 Å². The van der Waals surface area contributed by atoms with Crippen LogP contribution in [0.4, 0.5) is 11.5 Å². The second-order valence-electron chi connectivity index (χ2n) is 7.08. The molecule has 0 saturated heterocycles. The second-order valence-corrected chi connectivity index (χ2v) is 7.08. The zero-order valence-electron chi connectivity index (χ0n) is 18.2. The molecule has 0 atom stereocenters. The molecular formula is C25H24N4O3. The summed E-state index contributed by atoms with van der Waals surface area (Å²) in [7, 11) is 3.20. The molecule has 7 nitrogen and oxygen atoms in total. The van der Waals surface area contributed by atoms with Crippen LogP contribution in [0.15, 0.2) is 78.2 Å². The lowest BCUT2D eigenvalue weighted by molar-refractivity contribution is 0.130. The average molecular weight is 428 g/mol. The minimum absolute atomic E-state index is 0.437. The first-order chi connectivity index (χ1) is 15.7. The summed E-state index contributed by atoms with van der Waals surface area (Å²) in [6.45, 7) is 2.36. The Balaban J connectivity index is 1.49. The number of fused-ring (bicyclic) bond motifs is 1. The molecule has 0 aliphatic rings. The van der Waals surface area contributed by atoms with Crippen molar-refractivity contribution < 1.29 is 14.3 Å². The Kier molecular flexibility index (Phi) is 6.46. The lowest BCUT2D eigenvalue weighted by Gasteiger charge is -2.12. The summed E-state index contributed by atoms with van der Waals surface area (Å²) >= 11 is 0. The van der Waals surface area contributed by atoms with Gasteiger partial charge in [-0.1, -0.05) is 47.6 Å². The smallest absolute Gasteiger partial charge is 0.162 e. The van der Waals surface area contributed by atoms with Gasteiger partial charge in [0.25, 0.3) is 0 Å². The molecule has 162 valence electrons. The number of ether oxygens (including phenoxy) is 2. The fourth-order valence-corrected chi connectivity index (χ4v) is 3.24. The topological polar surface area (TPSA) is 77.9 Å². The molecule has 32 heavy (non-hydrogen) atoms. The first-order valence-corrected chi connectivity index (χ1v) is 10.1. The third-order valence-electron chi connectivity index (χ3n) is 4.98. The normalized spacial score (nSPS) is 11.3. The Morgan fingerprint density at radius 2 is 1.62 bits per heavy atom. The number of methoxy groups -OCH3 is 2. The molecule has 0 fully saturated rings. The lowest BCUT2D eigenvalue weighted by atomic mass is 10.1. The van der Waals surface area contributed by atoms with E-state index in [0.717, 1.165) is 33.4 Å². The van der Waals surface area contributed by atoms with Crippen LogP contribution < -0.4 is 14.8 Å². The summed E-state index contributed by atoms with van der Waals surface area (Å²) in [4.78, 5) is 14.2. The van der Waals surface area contributed by atoms with Crippen molar-refractivity contribution in [2.75, 3.05) is 19.5 Å². The van der Waals surface area contributed by atoms with Crippen molar-refractivity contribution >= 4 is 28.1 Å². The third-order valence-corrected chi connectivity index (χ3v) is 4.98. The molecule has 0 bridgehead atoms. The van der Waals surface area contributed by atoms with Gasteiger partial charge in [0.15, 0.2) is 11.5 Å². The van der Waals surface area contributed by atoms with Gasteiger partial charge >= 0.3 is 0 Å². The quantitative estimate of drug-likeness (QED) is 0.302. The predicted octanol–water partition coefficient (Wildman–Crippen LogP) is 5.33. The monoisotopic (exact) mass is 428 g/mol. The van der Waals surface area contributed by atoms with Crippen molar-refractivity contribution in [3.63, 3.8) is 0 Å². The van der Waals surface area contributed by atoms with E-state index in [4.69, 9.17) is 14.3 Å². The van der Waals surface area contributed by atoms with Gasteiger partial charge in [0.2, 0.25) is 0 Å². The minimum Gasteiger partial charge on any atom is -0.493 e. The van der Waals surface area contributed by atoms with Crippen LogP contribution in [0.5, 0.6) is 11.5 Å². The molecule has 0 radical (unpaired) electrons. The Morgan fingerprint density at radius 3 is 2.34 bits per heavy atom. The first kappa shape index (κ1) is 21.1. The third kappa shape index (κ3) is 4.78. The van der Waals surface area contributed by atoms with Crippen molar-refractivity contribution in [3.8, 4) is 11.5 Å². The van der Waals surface area contributed by atoms with Crippen molar-refractivity contribution in [1.29, 1.82) is 0 Å². The van der Waals surface area contributed by atoms with Crippen LogP contribution in [-0.4, -0.2) is 29.9 Å². The summed E-state index contributed by atoms with van der Waals surface area (Å²) in [6.07, 6.45) is 1.52. The molecule has 0 unspecified atom stereocenters. The summed E-state index contributed by atoms with van der Waals surface area (Å²) in [5.41, 5.74) is 4.51. The zero-order valence-corrected chi connectivity index (χ0v) is 18.2. The van der Waals surface area contributed by atoms with Crippen molar-refractivity contribution in [2.24, 2.45) is 5.16 Å². The fourth-order valence-electron chi connectivity index (χ4n) is 3.24. The number of anilines is 2. The van der Waals surface area contributed by atoms with Crippen LogP contribution in [-0.2, 0) is 11.4 Å². The molecule has 4 rings (SSSR count). The van der Waals surface area contributed by atoms with E-state index in [-0.39, 0.29) is 0 Å². The highest BCUT2D eigenvalue weighted by Crippen LogP contribution is 2.34. The SMILES string of the molecule is COc1cc2ncnc(Nc3ccc(/C(C)=N\OCc4ccccc4)cc3)c2cc1OC. The maximum Gasteiger partial charge on any atom is 0.162 e. The lowest BCUT2D eigenvalue weighted by Crippen LogP contribution is -2.00. The van der Waals surface area contributed by atoms with Crippen LogP contribution in [0.1, 0.15) is 18.1 Å². The highest BCUT2D eigenvalue weighted by Gasteiger charge is 2.11. The molecule has 1 N–H and O–H groups in total. The minimum atomic E-state index is 0.437. The predicted molar refractivity (Wildman–Crippen MR) is 126 cm³/mol. The second kappa shape index (κ2) is 9.78. The number of nitrogens with one attached hydrogen (secondary N) is 1. The molecule has 0 aliphatic carbocycles. The molecule has 1 aromatic heterocycles. The summed E-state index contributed by atoms with van der Waals surface area (Å²) in [6, 6.07) is 21.6. The van der Waals surface area contributed by atoms with Crippen molar-refractivity contribution in [1.82, 2.24) is 9.97 Å². The number of aromatic nitrogens is 2. The summed E-state index contributed by atoms with van der Waals surface area (Å²) < 4.78 is 10.8. The van der Waals surface area contributed by atoms with Gasteiger partial charge in [0.05, 0.1) is 25.4 Å². The zero-order chi connectivity index (χ0) is 22.3. The summed E-state index contributed by atoms with van der Waals surface area (Å²) in [5.74, 6) is 1.93. The van der Waals surface area contributed by atoms with E-state index < -0.39 is 0 Å². The first-order valence-electron chi connectivity index (χ1n) is 10.1. The van der Waals surface area contributed by atoms with Crippen LogP contribution in [0, 0.1) is 0 Å². The Morgan fingerprint density at radius 1 is 0.906 bits per heavy atom. The van der Waals surface area contributed by atoms with Crippen LogP contribution >= 0.6 is 0 Å². The van der Waals surface area contributed by atoms with Crippen LogP contribution in [0.3, 0.4) is 0 Å². The number of nitrogens with zero attached hydrogens (tertiary/aromatic N) is 3. The molecule has 7 heteroatoms. The van der Waals surface area contributed by atoms with E-state index in [1.807, 2.05) is 73.7 Å². The number of benzene rings is 3. The maximum absolute atomic E-state index is 5.48. The molecule has 3 aromatic carbocycles. The van der Waals surface area contributed by atoms with Gasteiger partial charge in [-0.05, 0) is 36.2 Å². The number of oxime groups is 1. The van der Waals surface area contributed by atoms with Gasteiger partial charge < -0.3 is 19.6 Å². The van der Waals surface area contributed by atoms with Gasteiger partial charge in [-0.15, -0.1) is 0 Å². The number of rotatable bonds is 8. The molecule has 4 aromatic rings. The highest BCUT2D eigenvalue weighted by molar-refractivity contribution is 5.99. The molecule has 0 spiro atoms. The molecule has 0 amide bonds. The van der Waals surface area contributed by atoms with Crippen LogP contribution in [0.25, 0.3) is 10.9 Å². The van der Waals surface area contributed by atoms with E-state index in [0.29, 0.717) is 23.9 Å². The summed E-state index contributed by atoms with van der Waals surface area (Å²) in [5, 5.41) is 8.41. The van der Waals surface area contributed by atoms with Gasteiger partial charge in [0.1, 0.15) is 18.8 Å². The largest absolute Gasteiger partial charge is 0.493 e. The molecule has 0 aliphatic heterocycles. The Bertz CT molecular complexity index is 1230. The van der Waals surface area contributed by atoms with Gasteiger partial charge in [0, 0.05) is 17.1 Å². The van der Waals surface area contributed by atoms with Crippen molar-refractivity contribution in [3.05, 3.63) is 84.2 Å². The Hall–Kier alpha value is -4.13. The number of hydrogen-bond donors (Lipinski definition) is 1. The van der Waals surface area contributed by atoms with E-state index >= 15 is 0 Å². The standard InChI is InChI=1S/C25H24N4O3/c1-17(29-32-15-18-7-5-4-6-8-18)19-9-11-20(12-10-19)28-25-21-13-23(30-2)24(31-3)14-22(21)26-16-27-25/h4-14,16H,15H2,1-3H3,(H,26,27,28)/b29-17-. The fraction of sp³-hybridized carbons (Fsp3) is 0.160. The molecular weight excluding hydrogens is 404 g/mol. The number of hydrogen-bond acceptors (Lipinski definition) is 7. The van der Waals surface area contributed by atoms with Gasteiger partial charge in [-0.25, -0.2) is 9.97 Å². The highest BCUT2D eigenvalue weighted by atomic mass is 16.6. The van der Waals surface area contributed by atoms with E-state index in [1.54, 1.807) is 14.2 Å². The van der Waals surface area contributed by atoms with Gasteiger partial charge in [-0.2, -0.15) is 0 Å². The van der Waals surface area contributed by atoms with Crippen molar-refractivity contribution in [2.45, 2.75) is 13.5 Å². The molecule has 0 saturated carbocycles. The Labute approximate surface area is 186 Å². The maximum atomic E-state index is 5.48. The average Bonchev–Trinajstić information content (AvgIpc) is 2.84. The van der Waals surface area contributed by atoms with Gasteiger partial charge in [-0.3, -0.25) is 0 Å². The van der Waals surface area contributed by atoms with E-state index in [9.17, 15) is 0 Å².